The van der Waals surface area contributed by atoms with Crippen LogP contribution in [0, 0.1) is 0 Å². The van der Waals surface area contributed by atoms with Gasteiger partial charge in [-0.1, -0.05) is 45.3 Å². The van der Waals surface area contributed by atoms with Gasteiger partial charge < -0.3 is 14.2 Å². The van der Waals surface area contributed by atoms with Crippen LogP contribution in [0.3, 0.4) is 0 Å². The van der Waals surface area contributed by atoms with Crippen LogP contribution in [0.25, 0.3) is 11.4 Å². The Hall–Kier alpha value is -2.40. The minimum absolute atomic E-state index is 0.541. The predicted octanol–water partition coefficient (Wildman–Crippen LogP) is 6.24. The standard InChI is InChI=1S/C25H36N2O3/c1-3-5-7-9-18-30-24-20-26-25(27-21-24)22-12-14-23(15-13-22)29-19-11-10-17-28-16-8-6-4-2/h7,9,12-15,20-21H,3-6,8,10-11,16-19H2,1-2H3. The average Bonchev–Trinajstić information content (AvgIpc) is 2.79. The largest absolute Gasteiger partial charge is 0.494 e. The molecule has 5 nitrogen and oxygen atoms in total. The summed E-state index contributed by atoms with van der Waals surface area (Å²) in [6, 6.07) is 7.89. The maximum Gasteiger partial charge on any atom is 0.159 e. The Balaban J connectivity index is 1.66. The number of allylic oxidation sites excluding steroid dienone is 1. The van der Waals surface area contributed by atoms with Crippen LogP contribution in [-0.2, 0) is 4.74 Å². The van der Waals surface area contributed by atoms with Gasteiger partial charge in [0.1, 0.15) is 12.4 Å². The monoisotopic (exact) mass is 412 g/mol. The molecule has 0 amide bonds. The highest BCUT2D eigenvalue weighted by atomic mass is 16.5. The molecule has 0 unspecified atom stereocenters. The van der Waals surface area contributed by atoms with Crippen molar-refractivity contribution < 1.29 is 14.2 Å². The second-order valence-electron chi connectivity index (χ2n) is 7.21. The summed E-state index contributed by atoms with van der Waals surface area (Å²) in [6.07, 6.45) is 15.5. The van der Waals surface area contributed by atoms with E-state index in [2.05, 4.69) is 29.9 Å². The first kappa shape index (κ1) is 23.9. The topological polar surface area (TPSA) is 53.5 Å². The van der Waals surface area contributed by atoms with Crippen LogP contribution < -0.4 is 9.47 Å². The van der Waals surface area contributed by atoms with Gasteiger partial charge in [-0.2, -0.15) is 0 Å². The zero-order valence-corrected chi connectivity index (χ0v) is 18.5. The van der Waals surface area contributed by atoms with E-state index in [1.807, 2.05) is 30.3 Å². The number of benzene rings is 1. The fraction of sp³-hybridized carbons (Fsp3) is 0.520. The summed E-state index contributed by atoms with van der Waals surface area (Å²) in [6.45, 7) is 7.30. The van der Waals surface area contributed by atoms with E-state index in [9.17, 15) is 0 Å². The lowest BCUT2D eigenvalue weighted by atomic mass is 10.2. The van der Waals surface area contributed by atoms with Crippen molar-refractivity contribution in [2.75, 3.05) is 26.4 Å². The molecular formula is C25H36N2O3. The van der Waals surface area contributed by atoms with Crippen molar-refractivity contribution in [1.82, 2.24) is 9.97 Å². The summed E-state index contributed by atoms with van der Waals surface area (Å²) >= 11 is 0. The molecule has 2 aromatic rings. The Bertz CT molecular complexity index is 699. The zero-order valence-electron chi connectivity index (χ0n) is 18.5. The molecule has 0 aliphatic carbocycles. The van der Waals surface area contributed by atoms with Crippen molar-refractivity contribution in [3.63, 3.8) is 0 Å². The van der Waals surface area contributed by atoms with E-state index >= 15 is 0 Å². The molecule has 0 N–H and O–H groups in total. The fourth-order valence-electron chi connectivity index (χ4n) is 2.79. The van der Waals surface area contributed by atoms with Crippen LogP contribution in [0.1, 0.15) is 58.8 Å². The molecule has 0 aliphatic heterocycles. The lowest BCUT2D eigenvalue weighted by Gasteiger charge is -2.08. The summed E-state index contributed by atoms with van der Waals surface area (Å²) in [4.78, 5) is 8.80. The van der Waals surface area contributed by atoms with Gasteiger partial charge in [-0.3, -0.25) is 0 Å². The van der Waals surface area contributed by atoms with Gasteiger partial charge >= 0.3 is 0 Å². The maximum absolute atomic E-state index is 5.81. The van der Waals surface area contributed by atoms with E-state index in [-0.39, 0.29) is 0 Å². The predicted molar refractivity (Wildman–Crippen MR) is 122 cm³/mol. The van der Waals surface area contributed by atoms with Gasteiger partial charge in [0.15, 0.2) is 11.6 Å². The molecule has 1 aromatic carbocycles. The Morgan fingerprint density at radius 3 is 2.13 bits per heavy atom. The lowest BCUT2D eigenvalue weighted by molar-refractivity contribution is 0.123. The second-order valence-corrected chi connectivity index (χ2v) is 7.21. The number of rotatable bonds is 16. The molecule has 1 heterocycles. The summed E-state index contributed by atoms with van der Waals surface area (Å²) < 4.78 is 17.0. The molecule has 164 valence electrons. The summed E-state index contributed by atoms with van der Waals surface area (Å²) in [5.74, 6) is 2.21. The van der Waals surface area contributed by atoms with Gasteiger partial charge in [-0.25, -0.2) is 9.97 Å². The minimum Gasteiger partial charge on any atom is -0.494 e. The van der Waals surface area contributed by atoms with E-state index in [1.165, 1.54) is 12.8 Å². The molecule has 2 rings (SSSR count). The van der Waals surface area contributed by atoms with Gasteiger partial charge in [-0.15, -0.1) is 0 Å². The van der Waals surface area contributed by atoms with E-state index in [1.54, 1.807) is 12.4 Å². The van der Waals surface area contributed by atoms with Crippen LogP contribution in [0.4, 0.5) is 0 Å². The Labute approximate surface area is 181 Å². The van der Waals surface area contributed by atoms with E-state index in [0.717, 1.165) is 56.6 Å². The zero-order chi connectivity index (χ0) is 21.3. The highest BCUT2D eigenvalue weighted by molar-refractivity contribution is 5.56. The summed E-state index contributed by atoms with van der Waals surface area (Å²) in [5.41, 5.74) is 0.956. The van der Waals surface area contributed by atoms with Gasteiger partial charge in [0, 0.05) is 18.8 Å². The van der Waals surface area contributed by atoms with Crippen LogP contribution in [0.15, 0.2) is 48.8 Å². The molecule has 0 spiro atoms. The first-order chi connectivity index (χ1) is 14.8. The number of nitrogens with zero attached hydrogens (tertiary/aromatic N) is 2. The Morgan fingerprint density at radius 2 is 1.43 bits per heavy atom. The van der Waals surface area contributed by atoms with Crippen LogP contribution in [0.2, 0.25) is 0 Å². The van der Waals surface area contributed by atoms with Crippen molar-refractivity contribution >= 4 is 0 Å². The molecule has 5 heteroatoms. The van der Waals surface area contributed by atoms with Gasteiger partial charge in [0.25, 0.3) is 0 Å². The van der Waals surface area contributed by atoms with Crippen LogP contribution >= 0.6 is 0 Å². The number of ether oxygens (including phenoxy) is 3. The summed E-state index contributed by atoms with van der Waals surface area (Å²) in [7, 11) is 0. The quantitative estimate of drug-likeness (QED) is 0.241. The fourth-order valence-corrected chi connectivity index (χ4v) is 2.79. The first-order valence-corrected chi connectivity index (χ1v) is 11.2. The Morgan fingerprint density at radius 1 is 0.733 bits per heavy atom. The molecule has 30 heavy (non-hydrogen) atoms. The van der Waals surface area contributed by atoms with Gasteiger partial charge in [0.05, 0.1) is 19.0 Å². The lowest BCUT2D eigenvalue weighted by Crippen LogP contribution is -2.02. The third kappa shape index (κ3) is 9.88. The molecule has 0 atom stereocenters. The van der Waals surface area contributed by atoms with E-state index in [4.69, 9.17) is 14.2 Å². The molecule has 0 radical (unpaired) electrons. The number of unbranched alkanes of at least 4 members (excludes halogenated alkanes) is 4. The third-order valence-corrected chi connectivity index (χ3v) is 4.55. The molecule has 0 bridgehead atoms. The van der Waals surface area contributed by atoms with Crippen molar-refractivity contribution in [1.29, 1.82) is 0 Å². The third-order valence-electron chi connectivity index (χ3n) is 4.55. The van der Waals surface area contributed by atoms with Gasteiger partial charge in [-0.05, 0) is 49.9 Å². The normalized spacial score (nSPS) is 11.1. The Kier molecular flexibility index (Phi) is 12.3. The average molecular weight is 413 g/mol. The maximum atomic E-state index is 5.81. The highest BCUT2D eigenvalue weighted by Gasteiger charge is 2.03. The van der Waals surface area contributed by atoms with Crippen molar-refractivity contribution in [2.45, 2.75) is 58.8 Å². The molecule has 0 saturated carbocycles. The van der Waals surface area contributed by atoms with Crippen molar-refractivity contribution in [3.8, 4) is 22.9 Å². The number of hydrogen-bond donors (Lipinski definition) is 0. The minimum atomic E-state index is 0.541. The molecular weight excluding hydrogens is 376 g/mol. The molecule has 0 aliphatic rings. The SMILES string of the molecule is CCCC=CCOc1cnc(-c2ccc(OCCCCOCCCCC)cc2)nc1. The second kappa shape index (κ2) is 15.4. The highest BCUT2D eigenvalue weighted by Crippen LogP contribution is 2.20. The molecule has 0 fully saturated rings. The molecule has 0 saturated heterocycles. The molecule has 1 aromatic heterocycles. The van der Waals surface area contributed by atoms with Crippen molar-refractivity contribution in [2.24, 2.45) is 0 Å². The smallest absolute Gasteiger partial charge is 0.159 e. The van der Waals surface area contributed by atoms with E-state index < -0.39 is 0 Å². The number of hydrogen-bond acceptors (Lipinski definition) is 5. The van der Waals surface area contributed by atoms with Crippen LogP contribution in [0.5, 0.6) is 11.5 Å². The van der Waals surface area contributed by atoms with Crippen LogP contribution in [-0.4, -0.2) is 36.4 Å². The van der Waals surface area contributed by atoms with E-state index in [0.29, 0.717) is 24.8 Å². The van der Waals surface area contributed by atoms with Gasteiger partial charge in [0.2, 0.25) is 0 Å². The first-order valence-electron chi connectivity index (χ1n) is 11.2. The number of aromatic nitrogens is 2. The summed E-state index contributed by atoms with van der Waals surface area (Å²) in [5, 5.41) is 0. The van der Waals surface area contributed by atoms with Crippen molar-refractivity contribution in [3.05, 3.63) is 48.8 Å².